The van der Waals surface area contributed by atoms with Crippen molar-refractivity contribution < 1.29 is 17.2 Å². The molecule has 0 aliphatic rings. The van der Waals surface area contributed by atoms with Crippen molar-refractivity contribution in [1.29, 1.82) is 0 Å². The van der Waals surface area contributed by atoms with Gasteiger partial charge in [0.15, 0.2) is 11.6 Å². The highest BCUT2D eigenvalue weighted by molar-refractivity contribution is 7.89. The minimum Gasteiger partial charge on any atom is -0.381 e. The van der Waals surface area contributed by atoms with Gasteiger partial charge < -0.3 is 5.32 Å². The molecule has 0 aliphatic heterocycles. The Kier molecular flexibility index (Phi) is 4.24. The number of nitrogens with one attached hydrogen (secondary N) is 1. The topological polar surface area (TPSA) is 72.2 Å². The van der Waals surface area contributed by atoms with Crippen molar-refractivity contribution in [2.24, 2.45) is 5.14 Å². The monoisotopic (exact) mass is 312 g/mol. The normalized spacial score (nSPS) is 11.4. The molecular weight excluding hydrogens is 298 g/mol. The van der Waals surface area contributed by atoms with Crippen LogP contribution in [0, 0.1) is 18.6 Å². The van der Waals surface area contributed by atoms with Gasteiger partial charge in [0.05, 0.1) is 4.90 Å². The van der Waals surface area contributed by atoms with Gasteiger partial charge in [-0.3, -0.25) is 0 Å². The number of sulfonamides is 1. The molecule has 0 spiro atoms. The summed E-state index contributed by atoms with van der Waals surface area (Å²) >= 11 is 0. The minimum atomic E-state index is -3.80. The lowest BCUT2D eigenvalue weighted by Gasteiger charge is -2.10. The third kappa shape index (κ3) is 3.77. The minimum absolute atomic E-state index is 0.0257. The summed E-state index contributed by atoms with van der Waals surface area (Å²) in [5.74, 6) is -1.84. The van der Waals surface area contributed by atoms with Crippen LogP contribution in [0.4, 0.5) is 14.5 Å². The molecular formula is C14H14F2N2O2S. The van der Waals surface area contributed by atoms with Gasteiger partial charge in [-0.05, 0) is 42.3 Å². The van der Waals surface area contributed by atoms with Gasteiger partial charge in [-0.25, -0.2) is 22.3 Å². The number of benzene rings is 2. The molecule has 0 amide bonds. The number of hydrogen-bond donors (Lipinski definition) is 2. The van der Waals surface area contributed by atoms with Crippen molar-refractivity contribution in [1.82, 2.24) is 0 Å². The highest BCUT2D eigenvalue weighted by Crippen LogP contribution is 2.20. The Balaban J connectivity index is 2.19. The zero-order valence-electron chi connectivity index (χ0n) is 11.2. The number of primary sulfonamides is 1. The third-order valence-electron chi connectivity index (χ3n) is 2.98. The molecule has 0 saturated carbocycles. The van der Waals surface area contributed by atoms with E-state index >= 15 is 0 Å². The quantitative estimate of drug-likeness (QED) is 0.911. The largest absolute Gasteiger partial charge is 0.381 e. The van der Waals surface area contributed by atoms with E-state index in [-0.39, 0.29) is 11.4 Å². The van der Waals surface area contributed by atoms with Crippen molar-refractivity contribution >= 4 is 15.7 Å². The second-order valence-corrected chi connectivity index (χ2v) is 6.16. The smallest absolute Gasteiger partial charge is 0.238 e. The fourth-order valence-electron chi connectivity index (χ4n) is 1.87. The molecule has 112 valence electrons. The number of rotatable bonds is 4. The van der Waals surface area contributed by atoms with Crippen LogP contribution in [-0.2, 0) is 16.6 Å². The molecule has 3 N–H and O–H groups in total. The van der Waals surface area contributed by atoms with Gasteiger partial charge in [-0.1, -0.05) is 12.1 Å². The van der Waals surface area contributed by atoms with Crippen LogP contribution in [-0.4, -0.2) is 8.42 Å². The summed E-state index contributed by atoms with van der Waals surface area (Å²) in [5.41, 5.74) is 1.59. The molecule has 0 unspecified atom stereocenters. The summed E-state index contributed by atoms with van der Waals surface area (Å²) in [6, 6.07) is 8.27. The number of halogens is 2. The van der Waals surface area contributed by atoms with Crippen molar-refractivity contribution in [3.05, 3.63) is 59.2 Å². The van der Waals surface area contributed by atoms with Crippen molar-refractivity contribution in [3.8, 4) is 0 Å². The maximum Gasteiger partial charge on any atom is 0.238 e. The molecule has 4 nitrogen and oxygen atoms in total. The number of hydrogen-bond acceptors (Lipinski definition) is 3. The highest BCUT2D eigenvalue weighted by Gasteiger charge is 2.12. The zero-order chi connectivity index (χ0) is 15.6. The summed E-state index contributed by atoms with van der Waals surface area (Å²) in [4.78, 5) is 0.0257. The van der Waals surface area contributed by atoms with Crippen LogP contribution < -0.4 is 10.5 Å². The Labute approximate surface area is 121 Å². The fraction of sp³-hybridized carbons (Fsp3) is 0.143. The first-order chi connectivity index (χ1) is 9.77. The van der Waals surface area contributed by atoms with E-state index in [1.54, 1.807) is 19.1 Å². The van der Waals surface area contributed by atoms with Crippen LogP contribution in [0.1, 0.15) is 11.1 Å². The van der Waals surface area contributed by atoms with Crippen molar-refractivity contribution in [3.63, 3.8) is 0 Å². The van der Waals surface area contributed by atoms with E-state index in [4.69, 9.17) is 5.14 Å². The molecule has 0 heterocycles. The summed E-state index contributed by atoms with van der Waals surface area (Å²) in [5, 5.41) is 8.06. The van der Waals surface area contributed by atoms with Crippen LogP contribution in [0.15, 0.2) is 41.3 Å². The molecule has 2 rings (SSSR count). The molecule has 0 aromatic heterocycles. The maximum atomic E-state index is 13.1. The average Bonchev–Trinajstić information content (AvgIpc) is 2.40. The summed E-state index contributed by atoms with van der Waals surface area (Å²) in [6.45, 7) is 1.86. The SMILES string of the molecule is Cc1ccc(NCc2ccc(F)c(F)c2)cc1S(N)(=O)=O. The van der Waals surface area contributed by atoms with Crippen LogP contribution in [0.2, 0.25) is 0 Å². The lowest BCUT2D eigenvalue weighted by molar-refractivity contribution is 0.507. The first-order valence-corrected chi connectivity index (χ1v) is 7.63. The van der Waals surface area contributed by atoms with Crippen molar-refractivity contribution in [2.75, 3.05) is 5.32 Å². The van der Waals surface area contributed by atoms with E-state index in [0.717, 1.165) is 12.1 Å². The Morgan fingerprint density at radius 1 is 1.10 bits per heavy atom. The Morgan fingerprint density at radius 3 is 2.43 bits per heavy atom. The lowest BCUT2D eigenvalue weighted by atomic mass is 10.2. The first kappa shape index (κ1) is 15.4. The second-order valence-electron chi connectivity index (χ2n) is 4.63. The van der Waals surface area contributed by atoms with E-state index in [9.17, 15) is 17.2 Å². The Bertz CT molecular complexity index is 777. The van der Waals surface area contributed by atoms with Gasteiger partial charge in [0, 0.05) is 12.2 Å². The predicted octanol–water partition coefficient (Wildman–Crippen LogP) is 2.53. The highest BCUT2D eigenvalue weighted by atomic mass is 32.2. The first-order valence-electron chi connectivity index (χ1n) is 6.08. The number of anilines is 1. The molecule has 21 heavy (non-hydrogen) atoms. The Hall–Kier alpha value is -1.99. The number of aryl methyl sites for hydroxylation is 1. The van der Waals surface area contributed by atoms with Gasteiger partial charge in [0.25, 0.3) is 0 Å². The van der Waals surface area contributed by atoms with E-state index in [0.29, 0.717) is 16.8 Å². The molecule has 0 radical (unpaired) electrons. The van der Waals surface area contributed by atoms with E-state index < -0.39 is 21.7 Å². The standard InChI is InChI=1S/C14H14F2N2O2S/c1-9-2-4-11(7-14(9)21(17,19)20)18-8-10-3-5-12(15)13(16)6-10/h2-7,18H,8H2,1H3,(H2,17,19,20). The maximum absolute atomic E-state index is 13.1. The molecule has 0 bridgehead atoms. The zero-order valence-corrected chi connectivity index (χ0v) is 12.0. The summed E-state index contributed by atoms with van der Waals surface area (Å²) < 4.78 is 48.7. The molecule has 0 saturated heterocycles. The van der Waals surface area contributed by atoms with Gasteiger partial charge in [0.1, 0.15) is 0 Å². The molecule has 7 heteroatoms. The second kappa shape index (κ2) is 5.79. The average molecular weight is 312 g/mol. The van der Waals surface area contributed by atoms with E-state index in [1.807, 2.05) is 0 Å². The van der Waals surface area contributed by atoms with Crippen LogP contribution in [0.5, 0.6) is 0 Å². The third-order valence-corrected chi connectivity index (χ3v) is 4.03. The molecule has 0 atom stereocenters. The van der Waals surface area contributed by atoms with Crippen LogP contribution >= 0.6 is 0 Å². The van der Waals surface area contributed by atoms with Crippen molar-refractivity contribution in [2.45, 2.75) is 18.4 Å². The molecule has 2 aromatic carbocycles. The van der Waals surface area contributed by atoms with Gasteiger partial charge in [0.2, 0.25) is 10.0 Å². The van der Waals surface area contributed by atoms with E-state index in [1.165, 1.54) is 12.1 Å². The van der Waals surface area contributed by atoms with E-state index in [2.05, 4.69) is 5.32 Å². The molecule has 0 fully saturated rings. The molecule has 0 aliphatic carbocycles. The Morgan fingerprint density at radius 2 is 1.81 bits per heavy atom. The number of nitrogens with two attached hydrogens (primary N) is 1. The van der Waals surface area contributed by atoms with Gasteiger partial charge in [-0.15, -0.1) is 0 Å². The molecule has 2 aromatic rings. The van der Waals surface area contributed by atoms with Crippen LogP contribution in [0.25, 0.3) is 0 Å². The fourth-order valence-corrected chi connectivity index (χ4v) is 2.68. The van der Waals surface area contributed by atoms with Gasteiger partial charge in [-0.2, -0.15) is 0 Å². The van der Waals surface area contributed by atoms with Gasteiger partial charge >= 0.3 is 0 Å². The summed E-state index contributed by atoms with van der Waals surface area (Å²) in [6.07, 6.45) is 0. The summed E-state index contributed by atoms with van der Waals surface area (Å²) in [7, 11) is -3.80. The lowest BCUT2D eigenvalue weighted by Crippen LogP contribution is -2.14. The van der Waals surface area contributed by atoms with Crippen LogP contribution in [0.3, 0.4) is 0 Å². The predicted molar refractivity (Wildman–Crippen MR) is 76.2 cm³/mol.